The average Bonchev–Trinajstić information content (AvgIpc) is 2.85. The zero-order valence-corrected chi connectivity index (χ0v) is 24.2. The fourth-order valence-electron chi connectivity index (χ4n) is 4.19. The molecule has 0 aliphatic heterocycles. The van der Waals surface area contributed by atoms with E-state index < -0.39 is 20.0 Å². The van der Waals surface area contributed by atoms with E-state index in [4.69, 9.17) is 14.8 Å². The molecule has 9 heteroatoms. The number of nitrogens with one attached hydrogen (secondary N) is 1. The van der Waals surface area contributed by atoms with E-state index in [0.717, 1.165) is 38.5 Å². The smallest absolute Gasteiger partial charge is 0.391 e. The van der Waals surface area contributed by atoms with Crippen molar-refractivity contribution in [3.63, 3.8) is 0 Å². The van der Waals surface area contributed by atoms with Crippen LogP contribution in [0.25, 0.3) is 0 Å². The molecule has 0 saturated carbocycles. The number of amides is 1. The van der Waals surface area contributed by atoms with Gasteiger partial charge < -0.3 is 21.1 Å². The van der Waals surface area contributed by atoms with Crippen molar-refractivity contribution >= 4 is 13.7 Å². The lowest BCUT2D eigenvalue weighted by Crippen LogP contribution is -2.46. The van der Waals surface area contributed by atoms with Crippen LogP contribution in [0.15, 0.2) is 0 Å². The monoisotopic (exact) mass is 536 g/mol. The van der Waals surface area contributed by atoms with Gasteiger partial charge in [-0.1, -0.05) is 117 Å². The summed E-state index contributed by atoms with van der Waals surface area (Å²) in [6.07, 6.45) is 19.8. The third-order valence-corrected chi connectivity index (χ3v) is 7.45. The minimum absolute atomic E-state index is 0.0912. The largest absolute Gasteiger partial charge is 0.472 e. The van der Waals surface area contributed by atoms with Crippen LogP contribution in [0, 0.1) is 0 Å². The summed E-state index contributed by atoms with van der Waals surface area (Å²) in [4.78, 5) is 22.3. The molecule has 0 fully saturated rings. The molecule has 0 heterocycles. The van der Waals surface area contributed by atoms with Gasteiger partial charge in [0.25, 0.3) is 0 Å². The molecule has 0 saturated heterocycles. The highest BCUT2D eigenvalue weighted by atomic mass is 31.2. The van der Waals surface area contributed by atoms with Crippen molar-refractivity contribution in [3.8, 4) is 0 Å². The third kappa shape index (κ3) is 22.7. The van der Waals surface area contributed by atoms with Crippen LogP contribution >= 0.6 is 7.82 Å². The fourth-order valence-corrected chi connectivity index (χ4v) is 4.95. The summed E-state index contributed by atoms with van der Waals surface area (Å²) < 4.78 is 21.8. The molecule has 0 aromatic rings. The van der Waals surface area contributed by atoms with Crippen molar-refractivity contribution < 1.29 is 28.4 Å². The molecule has 3 atom stereocenters. The topological polar surface area (TPSA) is 131 Å². The predicted octanol–water partition coefficient (Wildman–Crippen LogP) is 6.38. The van der Waals surface area contributed by atoms with Crippen LogP contribution in [0.5, 0.6) is 0 Å². The van der Waals surface area contributed by atoms with E-state index in [1.54, 1.807) is 0 Å². The third-order valence-electron chi connectivity index (χ3n) is 6.46. The minimum atomic E-state index is -4.28. The molecule has 0 bridgehead atoms. The van der Waals surface area contributed by atoms with E-state index in [-0.39, 0.29) is 25.7 Å². The Morgan fingerprint density at radius 3 is 1.78 bits per heavy atom. The summed E-state index contributed by atoms with van der Waals surface area (Å²) in [6, 6.07) is -0.762. The van der Waals surface area contributed by atoms with Crippen LogP contribution in [-0.4, -0.2) is 47.8 Å². The Hall–Kier alpha value is -0.500. The molecule has 0 aliphatic carbocycles. The SMILES string of the molecule is CCCCCCCCCCC[C@@H](O)[C@H](COP(=O)(O)OCCN)NC(=O)CCCCCCCCCC. The van der Waals surface area contributed by atoms with Gasteiger partial charge in [0.1, 0.15) is 0 Å². The maximum absolute atomic E-state index is 12.5. The molecule has 0 aliphatic rings. The maximum atomic E-state index is 12.5. The molecule has 1 amide bonds. The van der Waals surface area contributed by atoms with Crippen molar-refractivity contribution in [2.24, 2.45) is 5.73 Å². The second kappa shape index (κ2) is 24.8. The van der Waals surface area contributed by atoms with Crippen molar-refractivity contribution in [2.75, 3.05) is 19.8 Å². The van der Waals surface area contributed by atoms with Gasteiger partial charge in [0, 0.05) is 13.0 Å². The van der Waals surface area contributed by atoms with E-state index in [1.807, 2.05) is 0 Å². The quantitative estimate of drug-likeness (QED) is 0.0708. The van der Waals surface area contributed by atoms with E-state index in [9.17, 15) is 19.4 Å². The van der Waals surface area contributed by atoms with Crippen LogP contribution < -0.4 is 11.1 Å². The Balaban J connectivity index is 4.42. The van der Waals surface area contributed by atoms with Gasteiger partial charge in [0.05, 0.1) is 25.4 Å². The lowest BCUT2D eigenvalue weighted by Gasteiger charge is -2.25. The molecule has 1 unspecified atom stereocenters. The first-order chi connectivity index (χ1) is 17.4. The molecule has 0 radical (unpaired) electrons. The lowest BCUT2D eigenvalue weighted by molar-refractivity contribution is -0.123. The van der Waals surface area contributed by atoms with Gasteiger partial charge in [-0.2, -0.15) is 0 Å². The highest BCUT2D eigenvalue weighted by Gasteiger charge is 2.27. The second-order valence-corrected chi connectivity index (χ2v) is 11.4. The van der Waals surface area contributed by atoms with Gasteiger partial charge in [0.2, 0.25) is 5.91 Å². The van der Waals surface area contributed by atoms with E-state index in [1.165, 1.54) is 70.6 Å². The number of carbonyl (C=O) groups excluding carboxylic acids is 1. The molecule has 0 rings (SSSR count). The number of rotatable bonds is 27. The number of unbranched alkanes of at least 4 members (excludes halogenated alkanes) is 15. The molecular weight excluding hydrogens is 479 g/mol. The van der Waals surface area contributed by atoms with Crippen LogP contribution in [0.3, 0.4) is 0 Å². The van der Waals surface area contributed by atoms with Crippen molar-refractivity contribution in [2.45, 2.75) is 148 Å². The predicted molar refractivity (Wildman–Crippen MR) is 148 cm³/mol. The average molecular weight is 537 g/mol. The van der Waals surface area contributed by atoms with Gasteiger partial charge in [-0.15, -0.1) is 0 Å². The van der Waals surface area contributed by atoms with Gasteiger partial charge in [-0.3, -0.25) is 13.8 Å². The van der Waals surface area contributed by atoms with Crippen LogP contribution in [0.1, 0.15) is 136 Å². The summed E-state index contributed by atoms with van der Waals surface area (Å²) in [7, 11) is -4.28. The molecular formula is C27H57N2O6P. The van der Waals surface area contributed by atoms with Gasteiger partial charge >= 0.3 is 7.82 Å². The number of aliphatic hydroxyl groups is 1. The molecule has 36 heavy (non-hydrogen) atoms. The fraction of sp³-hybridized carbons (Fsp3) is 0.963. The Kier molecular flexibility index (Phi) is 24.5. The summed E-state index contributed by atoms with van der Waals surface area (Å²) in [5.74, 6) is -0.170. The van der Waals surface area contributed by atoms with Crippen molar-refractivity contribution in [3.05, 3.63) is 0 Å². The zero-order valence-electron chi connectivity index (χ0n) is 23.3. The van der Waals surface area contributed by atoms with Gasteiger partial charge in [0.15, 0.2) is 0 Å². The highest BCUT2D eigenvalue weighted by molar-refractivity contribution is 7.47. The normalized spacial score (nSPS) is 14.9. The number of aliphatic hydroxyl groups excluding tert-OH is 1. The number of phosphoric acid groups is 1. The lowest BCUT2D eigenvalue weighted by atomic mass is 10.0. The zero-order chi connectivity index (χ0) is 26.9. The first kappa shape index (κ1) is 35.5. The number of hydrogen-bond donors (Lipinski definition) is 4. The number of phosphoric ester groups is 1. The maximum Gasteiger partial charge on any atom is 0.472 e. The Morgan fingerprint density at radius 1 is 0.806 bits per heavy atom. The first-order valence-electron chi connectivity index (χ1n) is 14.7. The molecule has 0 spiro atoms. The molecule has 0 aromatic carbocycles. The number of carbonyl (C=O) groups is 1. The summed E-state index contributed by atoms with van der Waals surface area (Å²) in [6.45, 7) is 4.12. The van der Waals surface area contributed by atoms with Crippen LogP contribution in [0.4, 0.5) is 0 Å². The highest BCUT2D eigenvalue weighted by Crippen LogP contribution is 2.43. The van der Waals surface area contributed by atoms with Crippen LogP contribution in [0.2, 0.25) is 0 Å². The van der Waals surface area contributed by atoms with Crippen molar-refractivity contribution in [1.82, 2.24) is 5.32 Å². The van der Waals surface area contributed by atoms with Gasteiger partial charge in [-0.25, -0.2) is 4.57 Å². The molecule has 0 aromatic heterocycles. The van der Waals surface area contributed by atoms with Crippen molar-refractivity contribution in [1.29, 1.82) is 0 Å². The summed E-state index contributed by atoms with van der Waals surface area (Å²) in [5.41, 5.74) is 5.31. The van der Waals surface area contributed by atoms with E-state index >= 15 is 0 Å². The van der Waals surface area contributed by atoms with E-state index in [0.29, 0.717) is 12.8 Å². The molecule has 216 valence electrons. The Morgan fingerprint density at radius 2 is 1.28 bits per heavy atom. The standard InChI is InChI=1S/C27H57N2O6P/c1-3-5-7-9-11-13-14-16-18-20-26(30)25(24-35-36(32,33)34-23-22-28)29-27(31)21-19-17-15-12-10-8-6-4-2/h25-26,30H,3-24,28H2,1-2H3,(H,29,31)(H,32,33)/t25-,26+/m0/s1. The minimum Gasteiger partial charge on any atom is -0.391 e. The summed E-state index contributed by atoms with van der Waals surface area (Å²) in [5, 5.41) is 13.5. The first-order valence-corrected chi connectivity index (χ1v) is 16.1. The second-order valence-electron chi connectivity index (χ2n) is 9.97. The number of nitrogens with two attached hydrogens (primary N) is 1. The van der Waals surface area contributed by atoms with Gasteiger partial charge in [-0.05, 0) is 12.8 Å². The number of hydrogen-bond acceptors (Lipinski definition) is 6. The van der Waals surface area contributed by atoms with Crippen LogP contribution in [-0.2, 0) is 18.4 Å². The summed E-state index contributed by atoms with van der Waals surface area (Å²) >= 11 is 0. The Bertz CT molecular complexity index is 552. The molecule has 5 N–H and O–H groups in total. The Labute approximate surface area is 221 Å². The molecule has 8 nitrogen and oxygen atoms in total. The van der Waals surface area contributed by atoms with E-state index in [2.05, 4.69) is 19.2 Å².